The maximum Gasteiger partial charge on any atom is 0.241 e. The predicted molar refractivity (Wildman–Crippen MR) is 74.6 cm³/mol. The lowest BCUT2D eigenvalue weighted by molar-refractivity contribution is -0.129. The Kier molecular flexibility index (Phi) is 4.93. The smallest absolute Gasteiger partial charge is 0.241 e. The summed E-state index contributed by atoms with van der Waals surface area (Å²) >= 11 is 0. The Balaban J connectivity index is 1.98. The zero-order valence-electron chi connectivity index (χ0n) is 11.7. The molecule has 5 heteroatoms. The Hall–Kier alpha value is -1.65. The van der Waals surface area contributed by atoms with Crippen LogP contribution >= 0.6 is 0 Å². The molecule has 20 heavy (non-hydrogen) atoms. The number of halogens is 2. The highest BCUT2D eigenvalue weighted by Crippen LogP contribution is 2.21. The van der Waals surface area contributed by atoms with Crippen molar-refractivity contribution in [2.75, 3.05) is 25.0 Å². The number of nitrogens with zero attached hydrogens (tertiary/aromatic N) is 1. The summed E-state index contributed by atoms with van der Waals surface area (Å²) in [7, 11) is 0. The number of anilines is 1. The fraction of sp³-hybridized carbons (Fsp3) is 0.533. The standard InChI is InChI=1S/C15H20F2N2O/c1-11-6-7-12(16)15(14(11)17)18-10-13(20)19-8-4-2-3-5-9-19/h6-7,18H,2-5,8-10H2,1H3. The van der Waals surface area contributed by atoms with E-state index in [9.17, 15) is 13.6 Å². The van der Waals surface area contributed by atoms with Gasteiger partial charge in [0.2, 0.25) is 5.91 Å². The number of hydrogen-bond donors (Lipinski definition) is 1. The van der Waals surface area contributed by atoms with Crippen molar-refractivity contribution < 1.29 is 13.6 Å². The molecule has 0 atom stereocenters. The fourth-order valence-corrected chi connectivity index (χ4v) is 2.41. The van der Waals surface area contributed by atoms with Gasteiger partial charge in [0, 0.05) is 13.1 Å². The molecule has 0 aliphatic carbocycles. The third-order valence-corrected chi connectivity index (χ3v) is 3.66. The van der Waals surface area contributed by atoms with Gasteiger partial charge in [-0.1, -0.05) is 18.9 Å². The van der Waals surface area contributed by atoms with Crippen molar-refractivity contribution in [1.82, 2.24) is 4.90 Å². The summed E-state index contributed by atoms with van der Waals surface area (Å²) in [5, 5.41) is 2.60. The Labute approximate surface area is 118 Å². The lowest BCUT2D eigenvalue weighted by Crippen LogP contribution is -2.36. The summed E-state index contributed by atoms with van der Waals surface area (Å²) < 4.78 is 27.4. The normalized spacial score (nSPS) is 15.8. The van der Waals surface area contributed by atoms with Gasteiger partial charge in [-0.25, -0.2) is 8.78 Å². The topological polar surface area (TPSA) is 32.3 Å². The van der Waals surface area contributed by atoms with Crippen molar-refractivity contribution in [2.45, 2.75) is 32.6 Å². The average Bonchev–Trinajstić information content (AvgIpc) is 2.72. The molecule has 0 aromatic heterocycles. The van der Waals surface area contributed by atoms with Gasteiger partial charge in [-0.3, -0.25) is 4.79 Å². The van der Waals surface area contributed by atoms with Crippen LogP contribution in [0.5, 0.6) is 0 Å². The molecule has 0 spiro atoms. The van der Waals surface area contributed by atoms with Crippen LogP contribution in [0.4, 0.5) is 14.5 Å². The number of rotatable bonds is 3. The third kappa shape index (κ3) is 3.46. The summed E-state index contributed by atoms with van der Waals surface area (Å²) in [6.07, 6.45) is 4.27. The Bertz CT molecular complexity index is 483. The minimum absolute atomic E-state index is 0.0721. The van der Waals surface area contributed by atoms with Gasteiger partial charge in [0.1, 0.15) is 11.5 Å². The molecule has 1 heterocycles. The molecule has 0 radical (unpaired) electrons. The van der Waals surface area contributed by atoms with Gasteiger partial charge in [0.25, 0.3) is 0 Å². The Morgan fingerprint density at radius 2 is 1.85 bits per heavy atom. The van der Waals surface area contributed by atoms with Gasteiger partial charge in [-0.05, 0) is 31.4 Å². The molecule has 110 valence electrons. The van der Waals surface area contributed by atoms with Gasteiger partial charge >= 0.3 is 0 Å². The Morgan fingerprint density at radius 3 is 2.50 bits per heavy atom. The summed E-state index contributed by atoms with van der Waals surface area (Å²) in [6.45, 7) is 2.96. The molecule has 2 rings (SSSR count). The van der Waals surface area contributed by atoms with E-state index in [2.05, 4.69) is 5.32 Å². The van der Waals surface area contributed by atoms with Gasteiger partial charge in [-0.2, -0.15) is 0 Å². The van der Waals surface area contributed by atoms with Crippen molar-refractivity contribution >= 4 is 11.6 Å². The fourth-order valence-electron chi connectivity index (χ4n) is 2.41. The third-order valence-electron chi connectivity index (χ3n) is 3.66. The number of benzene rings is 1. The number of likely N-dealkylation sites (tertiary alicyclic amines) is 1. The second-order valence-electron chi connectivity index (χ2n) is 5.20. The van der Waals surface area contributed by atoms with E-state index < -0.39 is 11.6 Å². The lowest BCUT2D eigenvalue weighted by Gasteiger charge is -2.21. The number of amides is 1. The first-order valence-electron chi connectivity index (χ1n) is 7.06. The SMILES string of the molecule is Cc1ccc(F)c(NCC(=O)N2CCCCCC2)c1F. The van der Waals surface area contributed by atoms with Crippen LogP contribution in [0.3, 0.4) is 0 Å². The highest BCUT2D eigenvalue weighted by molar-refractivity contribution is 5.81. The first-order chi connectivity index (χ1) is 9.59. The van der Waals surface area contributed by atoms with E-state index in [1.165, 1.54) is 12.1 Å². The van der Waals surface area contributed by atoms with Crippen LogP contribution in [0, 0.1) is 18.6 Å². The predicted octanol–water partition coefficient (Wildman–Crippen LogP) is 3.09. The van der Waals surface area contributed by atoms with Gasteiger partial charge in [0.15, 0.2) is 5.82 Å². The summed E-state index contributed by atoms with van der Waals surface area (Å²) in [4.78, 5) is 13.8. The van der Waals surface area contributed by atoms with Crippen LogP contribution in [-0.2, 0) is 4.79 Å². The molecule has 0 saturated carbocycles. The van der Waals surface area contributed by atoms with E-state index in [1.54, 1.807) is 11.8 Å². The number of carbonyl (C=O) groups is 1. The van der Waals surface area contributed by atoms with Crippen molar-refractivity contribution in [1.29, 1.82) is 0 Å². The summed E-state index contributed by atoms with van der Waals surface area (Å²) in [5.41, 5.74) is 0.143. The molecule has 0 unspecified atom stereocenters. The van der Waals surface area contributed by atoms with Crippen molar-refractivity contribution in [2.24, 2.45) is 0 Å². The maximum atomic E-state index is 13.8. The molecule has 1 aliphatic heterocycles. The van der Waals surface area contributed by atoms with Crippen molar-refractivity contribution in [3.05, 3.63) is 29.3 Å². The minimum atomic E-state index is -0.670. The molecule has 1 aromatic rings. The first-order valence-corrected chi connectivity index (χ1v) is 7.06. The highest BCUT2D eigenvalue weighted by Gasteiger charge is 2.17. The van der Waals surface area contributed by atoms with Crippen LogP contribution in [0.1, 0.15) is 31.2 Å². The largest absolute Gasteiger partial charge is 0.371 e. The monoisotopic (exact) mass is 282 g/mol. The minimum Gasteiger partial charge on any atom is -0.371 e. The second-order valence-corrected chi connectivity index (χ2v) is 5.20. The maximum absolute atomic E-state index is 13.8. The molecular formula is C15H20F2N2O. The molecule has 1 aromatic carbocycles. The molecule has 1 N–H and O–H groups in total. The highest BCUT2D eigenvalue weighted by atomic mass is 19.1. The van der Waals surface area contributed by atoms with E-state index in [0.717, 1.165) is 38.8 Å². The van der Waals surface area contributed by atoms with Gasteiger partial charge in [-0.15, -0.1) is 0 Å². The number of aryl methyl sites for hydroxylation is 1. The van der Waals surface area contributed by atoms with Crippen molar-refractivity contribution in [3.63, 3.8) is 0 Å². The van der Waals surface area contributed by atoms with Crippen LogP contribution in [0.15, 0.2) is 12.1 Å². The molecule has 1 aliphatic rings. The molecule has 1 saturated heterocycles. The molecule has 1 amide bonds. The van der Waals surface area contributed by atoms with E-state index in [-0.39, 0.29) is 18.1 Å². The number of nitrogens with one attached hydrogen (secondary N) is 1. The molecule has 3 nitrogen and oxygen atoms in total. The summed E-state index contributed by atoms with van der Waals surface area (Å²) in [6, 6.07) is 2.59. The van der Waals surface area contributed by atoms with Gasteiger partial charge in [0.05, 0.1) is 6.54 Å². The van der Waals surface area contributed by atoms with Crippen LogP contribution < -0.4 is 5.32 Å². The Morgan fingerprint density at radius 1 is 1.20 bits per heavy atom. The van der Waals surface area contributed by atoms with Crippen LogP contribution in [0.2, 0.25) is 0 Å². The first kappa shape index (κ1) is 14.8. The van der Waals surface area contributed by atoms with E-state index in [1.807, 2.05) is 0 Å². The van der Waals surface area contributed by atoms with Gasteiger partial charge < -0.3 is 10.2 Å². The summed E-state index contributed by atoms with van der Waals surface area (Å²) in [5.74, 6) is -1.40. The average molecular weight is 282 g/mol. The molecule has 0 bridgehead atoms. The lowest BCUT2D eigenvalue weighted by atomic mass is 10.2. The van der Waals surface area contributed by atoms with E-state index in [0.29, 0.717) is 5.56 Å². The van der Waals surface area contributed by atoms with E-state index in [4.69, 9.17) is 0 Å². The van der Waals surface area contributed by atoms with E-state index >= 15 is 0 Å². The number of carbonyl (C=O) groups excluding carboxylic acids is 1. The van der Waals surface area contributed by atoms with Crippen molar-refractivity contribution in [3.8, 4) is 0 Å². The van der Waals surface area contributed by atoms with Crippen LogP contribution in [-0.4, -0.2) is 30.4 Å². The number of hydrogen-bond acceptors (Lipinski definition) is 2. The van der Waals surface area contributed by atoms with Crippen LogP contribution in [0.25, 0.3) is 0 Å². The zero-order valence-corrected chi connectivity index (χ0v) is 11.7. The quantitative estimate of drug-likeness (QED) is 0.924. The zero-order chi connectivity index (χ0) is 14.5. The second kappa shape index (κ2) is 6.68. The molecule has 1 fully saturated rings. The molecular weight excluding hydrogens is 262 g/mol.